The zero-order valence-corrected chi connectivity index (χ0v) is 8.90. The van der Waals surface area contributed by atoms with Crippen molar-refractivity contribution in [2.24, 2.45) is 5.84 Å². The van der Waals surface area contributed by atoms with Crippen LogP contribution >= 0.6 is 24.8 Å². The van der Waals surface area contributed by atoms with Crippen molar-refractivity contribution in [2.75, 3.05) is 6.54 Å². The molecule has 0 atom stereocenters. The number of halogens is 2. The molecule has 0 saturated carbocycles. The highest BCUT2D eigenvalue weighted by Crippen LogP contribution is 2.15. The number of nitrogens with two attached hydrogens (primary N) is 1. The smallest absolute Gasteiger partial charge is 0.0382 e. The topological polar surface area (TPSA) is 29.3 Å². The summed E-state index contributed by atoms with van der Waals surface area (Å²) >= 11 is 0. The highest BCUT2D eigenvalue weighted by atomic mass is 35.5. The van der Waals surface area contributed by atoms with E-state index in [1.165, 1.54) is 11.1 Å². The van der Waals surface area contributed by atoms with E-state index in [2.05, 4.69) is 24.3 Å². The Morgan fingerprint density at radius 3 is 2.38 bits per heavy atom. The van der Waals surface area contributed by atoms with Crippen LogP contribution in [-0.2, 0) is 13.0 Å². The minimum atomic E-state index is 0. The maximum absolute atomic E-state index is 5.68. The molecule has 1 aromatic rings. The standard InChI is InChI=1S/C9H12N2.2ClH/c10-11-6-5-8-3-1-2-4-9(8)7-11;;/h1-4H,5-7,10H2;2*1H. The summed E-state index contributed by atoms with van der Waals surface area (Å²) in [6.45, 7) is 1.88. The summed E-state index contributed by atoms with van der Waals surface area (Å²) in [5.41, 5.74) is 2.83. The summed E-state index contributed by atoms with van der Waals surface area (Å²) in [5.74, 6) is 5.68. The fourth-order valence-corrected chi connectivity index (χ4v) is 1.52. The fourth-order valence-electron chi connectivity index (χ4n) is 1.52. The van der Waals surface area contributed by atoms with E-state index in [1.54, 1.807) is 0 Å². The van der Waals surface area contributed by atoms with E-state index in [0.717, 1.165) is 19.5 Å². The molecule has 0 aromatic heterocycles. The molecule has 2 N–H and O–H groups in total. The molecule has 0 radical (unpaired) electrons. The molecule has 2 rings (SSSR count). The SMILES string of the molecule is Cl.Cl.NN1CCc2ccccc2C1. The molecule has 2 nitrogen and oxygen atoms in total. The second-order valence-electron chi connectivity index (χ2n) is 2.99. The zero-order chi connectivity index (χ0) is 7.68. The van der Waals surface area contributed by atoms with Gasteiger partial charge in [-0.1, -0.05) is 24.3 Å². The molecule has 0 amide bonds. The number of hydrogen-bond acceptors (Lipinski definition) is 2. The molecular formula is C9H14Cl2N2. The van der Waals surface area contributed by atoms with Gasteiger partial charge in [0.1, 0.15) is 0 Å². The average molecular weight is 221 g/mol. The lowest BCUT2D eigenvalue weighted by molar-refractivity contribution is 0.263. The average Bonchev–Trinajstić information content (AvgIpc) is 2.04. The molecular weight excluding hydrogens is 207 g/mol. The maximum Gasteiger partial charge on any atom is 0.0382 e. The third-order valence-electron chi connectivity index (χ3n) is 2.16. The fraction of sp³-hybridized carbons (Fsp3) is 0.333. The second-order valence-corrected chi connectivity index (χ2v) is 2.99. The Morgan fingerprint density at radius 2 is 1.69 bits per heavy atom. The van der Waals surface area contributed by atoms with Gasteiger partial charge in [0.25, 0.3) is 0 Å². The van der Waals surface area contributed by atoms with Crippen LogP contribution in [0.15, 0.2) is 24.3 Å². The van der Waals surface area contributed by atoms with Gasteiger partial charge in [-0.2, -0.15) is 0 Å². The van der Waals surface area contributed by atoms with Crippen LogP contribution < -0.4 is 5.84 Å². The van der Waals surface area contributed by atoms with E-state index in [0.29, 0.717) is 0 Å². The Hall–Kier alpha value is -0.280. The van der Waals surface area contributed by atoms with Crippen molar-refractivity contribution in [3.63, 3.8) is 0 Å². The van der Waals surface area contributed by atoms with Crippen LogP contribution in [0.1, 0.15) is 11.1 Å². The summed E-state index contributed by atoms with van der Waals surface area (Å²) in [6.07, 6.45) is 1.09. The van der Waals surface area contributed by atoms with Gasteiger partial charge in [0.05, 0.1) is 0 Å². The van der Waals surface area contributed by atoms with Gasteiger partial charge in [-0.15, -0.1) is 24.8 Å². The van der Waals surface area contributed by atoms with E-state index >= 15 is 0 Å². The lowest BCUT2D eigenvalue weighted by Crippen LogP contribution is -2.35. The summed E-state index contributed by atoms with van der Waals surface area (Å²) in [4.78, 5) is 0. The van der Waals surface area contributed by atoms with Gasteiger partial charge in [0.15, 0.2) is 0 Å². The third-order valence-corrected chi connectivity index (χ3v) is 2.16. The normalized spacial score (nSPS) is 15.2. The van der Waals surface area contributed by atoms with Crippen molar-refractivity contribution < 1.29 is 0 Å². The Balaban J connectivity index is 0.000000720. The highest BCUT2D eigenvalue weighted by molar-refractivity contribution is 5.85. The van der Waals surface area contributed by atoms with Crippen LogP contribution in [0, 0.1) is 0 Å². The molecule has 13 heavy (non-hydrogen) atoms. The number of benzene rings is 1. The van der Waals surface area contributed by atoms with Gasteiger partial charge in [0, 0.05) is 13.1 Å². The van der Waals surface area contributed by atoms with Crippen molar-refractivity contribution >= 4 is 24.8 Å². The van der Waals surface area contributed by atoms with Crippen molar-refractivity contribution in [3.05, 3.63) is 35.4 Å². The summed E-state index contributed by atoms with van der Waals surface area (Å²) in [6, 6.07) is 8.49. The van der Waals surface area contributed by atoms with E-state index < -0.39 is 0 Å². The van der Waals surface area contributed by atoms with Gasteiger partial charge < -0.3 is 0 Å². The van der Waals surface area contributed by atoms with Crippen LogP contribution in [0.4, 0.5) is 0 Å². The van der Waals surface area contributed by atoms with Crippen LogP contribution in [-0.4, -0.2) is 11.6 Å². The Bertz CT molecular complexity index is 266. The van der Waals surface area contributed by atoms with E-state index in [-0.39, 0.29) is 24.8 Å². The summed E-state index contributed by atoms with van der Waals surface area (Å²) in [5, 5.41) is 1.86. The molecule has 0 fully saturated rings. The molecule has 1 aromatic carbocycles. The molecule has 74 valence electrons. The monoisotopic (exact) mass is 220 g/mol. The van der Waals surface area contributed by atoms with E-state index in [4.69, 9.17) is 5.84 Å². The van der Waals surface area contributed by atoms with Crippen molar-refractivity contribution in [2.45, 2.75) is 13.0 Å². The molecule has 0 spiro atoms. The first-order valence-electron chi connectivity index (χ1n) is 3.93. The summed E-state index contributed by atoms with van der Waals surface area (Å²) < 4.78 is 0. The molecule has 0 saturated heterocycles. The van der Waals surface area contributed by atoms with E-state index in [1.807, 2.05) is 5.01 Å². The van der Waals surface area contributed by atoms with Crippen molar-refractivity contribution in [1.29, 1.82) is 0 Å². The van der Waals surface area contributed by atoms with Crippen molar-refractivity contribution in [3.8, 4) is 0 Å². The zero-order valence-electron chi connectivity index (χ0n) is 7.27. The largest absolute Gasteiger partial charge is 0.268 e. The Labute approximate surface area is 90.9 Å². The number of hydrogen-bond donors (Lipinski definition) is 1. The molecule has 1 aliphatic heterocycles. The molecule has 0 aliphatic carbocycles. The molecule has 0 bridgehead atoms. The second kappa shape index (κ2) is 5.45. The third kappa shape index (κ3) is 2.85. The molecule has 4 heteroatoms. The van der Waals surface area contributed by atoms with Crippen LogP contribution in [0.5, 0.6) is 0 Å². The van der Waals surface area contributed by atoms with Gasteiger partial charge in [0.2, 0.25) is 0 Å². The maximum atomic E-state index is 5.68. The predicted octanol–water partition coefficient (Wildman–Crippen LogP) is 1.76. The minimum Gasteiger partial charge on any atom is -0.268 e. The number of nitrogens with zero attached hydrogens (tertiary/aromatic N) is 1. The number of hydrazine groups is 1. The first-order chi connectivity index (χ1) is 5.36. The molecule has 1 aliphatic rings. The lowest BCUT2D eigenvalue weighted by Gasteiger charge is -2.23. The summed E-state index contributed by atoms with van der Waals surface area (Å²) in [7, 11) is 0. The van der Waals surface area contributed by atoms with E-state index in [9.17, 15) is 0 Å². The minimum absolute atomic E-state index is 0. The lowest BCUT2D eigenvalue weighted by atomic mass is 10.0. The van der Waals surface area contributed by atoms with Crippen LogP contribution in [0.3, 0.4) is 0 Å². The Kier molecular flexibility index (Phi) is 5.33. The first-order valence-corrected chi connectivity index (χ1v) is 3.93. The number of fused-ring (bicyclic) bond motifs is 1. The van der Waals surface area contributed by atoms with Crippen LogP contribution in [0.2, 0.25) is 0 Å². The molecule has 1 heterocycles. The van der Waals surface area contributed by atoms with Gasteiger partial charge in [-0.25, -0.2) is 5.01 Å². The highest BCUT2D eigenvalue weighted by Gasteiger charge is 2.11. The van der Waals surface area contributed by atoms with Gasteiger partial charge in [-0.3, -0.25) is 5.84 Å². The van der Waals surface area contributed by atoms with Crippen molar-refractivity contribution in [1.82, 2.24) is 5.01 Å². The van der Waals surface area contributed by atoms with Gasteiger partial charge >= 0.3 is 0 Å². The quantitative estimate of drug-likeness (QED) is 0.676. The molecule has 0 unspecified atom stereocenters. The number of rotatable bonds is 0. The predicted molar refractivity (Wildman–Crippen MR) is 59.2 cm³/mol. The van der Waals surface area contributed by atoms with Gasteiger partial charge in [-0.05, 0) is 17.5 Å². The van der Waals surface area contributed by atoms with Crippen LogP contribution in [0.25, 0.3) is 0 Å². The Morgan fingerprint density at radius 1 is 1.08 bits per heavy atom. The first kappa shape index (κ1) is 12.7.